The largest absolute Gasteiger partial charge is 0.396 e. The number of thioether (sulfide) groups is 1. The van der Waals surface area contributed by atoms with Crippen molar-refractivity contribution in [3.63, 3.8) is 0 Å². The van der Waals surface area contributed by atoms with Crippen LogP contribution in [0, 0.1) is 0 Å². The van der Waals surface area contributed by atoms with E-state index in [0.29, 0.717) is 5.75 Å². The molecule has 0 aromatic carbocycles. The first-order valence-electron chi connectivity index (χ1n) is 3.14. The first kappa shape index (κ1) is 9.27. The molecule has 1 aliphatic rings. The summed E-state index contributed by atoms with van der Waals surface area (Å²) in [6, 6.07) is 0. The van der Waals surface area contributed by atoms with Crippen molar-refractivity contribution < 1.29 is 14.0 Å². The van der Waals surface area contributed by atoms with Gasteiger partial charge in [0.2, 0.25) is 5.95 Å². The van der Waals surface area contributed by atoms with E-state index in [4.69, 9.17) is 5.11 Å². The van der Waals surface area contributed by atoms with Crippen LogP contribution in [0.1, 0.15) is 0 Å². The molecule has 2 N–H and O–H groups in total. The maximum absolute atomic E-state index is 12.4. The monoisotopic (exact) mass is 195 g/mol. The Balaban J connectivity index is 2.51. The first-order valence-corrected chi connectivity index (χ1v) is 4.13. The molecule has 0 unspecified atom stereocenters. The second-order valence-electron chi connectivity index (χ2n) is 1.87. The summed E-state index contributed by atoms with van der Waals surface area (Å²) in [6.45, 7) is -0.0567. The van der Waals surface area contributed by atoms with Gasteiger partial charge in [-0.1, -0.05) is 4.48 Å². The highest BCUT2D eigenvalue weighted by molar-refractivity contribution is 8.14. The van der Waals surface area contributed by atoms with Crippen LogP contribution in [-0.2, 0) is 0 Å². The zero-order valence-electron chi connectivity index (χ0n) is 6.00. The van der Waals surface area contributed by atoms with Crippen molar-refractivity contribution in [2.45, 2.75) is 0 Å². The number of nitrogens with zero attached hydrogens (tertiary/aromatic N) is 2. The van der Waals surface area contributed by atoms with Gasteiger partial charge in [0.15, 0.2) is 0 Å². The molecule has 7 heteroatoms. The molecule has 12 heavy (non-hydrogen) atoms. The van der Waals surface area contributed by atoms with Gasteiger partial charge >= 0.3 is 0 Å². The lowest BCUT2D eigenvalue weighted by molar-refractivity contribution is -0.0269. The second-order valence-corrected chi connectivity index (χ2v) is 2.99. The van der Waals surface area contributed by atoms with Crippen LogP contribution in [0.3, 0.4) is 0 Å². The average Bonchev–Trinajstić information content (AvgIpc) is 1.99. The van der Waals surface area contributed by atoms with E-state index in [0.717, 1.165) is 17.8 Å². The molecular weight excluding hydrogens is 188 g/mol. The highest BCUT2D eigenvalue weighted by atomic mass is 32.2. The van der Waals surface area contributed by atoms with Crippen molar-refractivity contribution in [1.82, 2.24) is 10.8 Å². The molecule has 0 atom stereocenters. The van der Waals surface area contributed by atoms with Gasteiger partial charge in [-0.15, -0.1) is 16.9 Å². The van der Waals surface area contributed by atoms with Crippen molar-refractivity contribution in [3.8, 4) is 0 Å². The Bertz CT molecular complexity index is 221. The van der Waals surface area contributed by atoms with Crippen LogP contribution in [0.4, 0.5) is 8.87 Å². The summed E-state index contributed by atoms with van der Waals surface area (Å²) in [6.07, 6.45) is 1.05. The minimum atomic E-state index is -0.812. The van der Waals surface area contributed by atoms with Crippen LogP contribution in [0.15, 0.2) is 17.1 Å². The summed E-state index contributed by atoms with van der Waals surface area (Å²) in [4.78, 5) is 0. The lowest BCUT2D eigenvalue weighted by Gasteiger charge is -2.13. The summed E-state index contributed by atoms with van der Waals surface area (Å²) in [5, 5.41) is 11.7. The summed E-state index contributed by atoms with van der Waals surface area (Å²) < 4.78 is 24.7. The maximum atomic E-state index is 12.4. The third kappa shape index (κ3) is 2.67. The number of nitrogens with one attached hydrogen (secondary N) is 1. The van der Waals surface area contributed by atoms with Crippen LogP contribution in [0.5, 0.6) is 0 Å². The predicted molar refractivity (Wildman–Crippen MR) is 42.3 cm³/mol. The number of hydrogen-bond acceptors (Lipinski definition) is 5. The van der Waals surface area contributed by atoms with Crippen molar-refractivity contribution >= 4 is 16.8 Å². The molecule has 0 spiro atoms. The van der Waals surface area contributed by atoms with Crippen molar-refractivity contribution in [2.24, 2.45) is 5.10 Å². The van der Waals surface area contributed by atoms with Crippen molar-refractivity contribution in [3.05, 3.63) is 12.0 Å². The molecule has 1 heterocycles. The van der Waals surface area contributed by atoms with Gasteiger partial charge in [0.05, 0.1) is 6.61 Å². The Hall–Kier alpha value is -0.820. The van der Waals surface area contributed by atoms with E-state index in [2.05, 4.69) is 5.10 Å². The van der Waals surface area contributed by atoms with E-state index in [9.17, 15) is 8.87 Å². The average molecular weight is 195 g/mol. The molecule has 0 saturated carbocycles. The van der Waals surface area contributed by atoms with E-state index in [-0.39, 0.29) is 17.0 Å². The molecule has 0 aromatic heterocycles. The van der Waals surface area contributed by atoms with E-state index < -0.39 is 5.95 Å². The van der Waals surface area contributed by atoms with Gasteiger partial charge in [-0.05, 0) is 5.34 Å². The predicted octanol–water partition coefficient (Wildman–Crippen LogP) is 0.541. The third-order valence-corrected chi connectivity index (χ3v) is 1.86. The summed E-state index contributed by atoms with van der Waals surface area (Å²) >= 11 is 1.07. The molecule has 0 saturated heterocycles. The Morgan fingerprint density at radius 1 is 1.75 bits per heavy atom. The number of halogens is 2. The minimum absolute atomic E-state index is 0.0567. The standard InChI is InChI=1S/C5H7F2N3OS/c6-4-3-5(12-2-1-11)9-10(7)8-4/h3,8,11H,1-2H2. The quantitative estimate of drug-likeness (QED) is 0.498. The van der Waals surface area contributed by atoms with Gasteiger partial charge in [-0.2, -0.15) is 4.39 Å². The lowest BCUT2D eigenvalue weighted by atomic mass is 10.6. The molecule has 0 fully saturated rings. The van der Waals surface area contributed by atoms with Crippen LogP contribution in [-0.4, -0.2) is 27.9 Å². The number of rotatable bonds is 2. The number of aliphatic hydroxyl groups excluding tert-OH is 1. The van der Waals surface area contributed by atoms with Gasteiger partial charge in [-0.3, -0.25) is 0 Å². The fourth-order valence-corrected chi connectivity index (χ4v) is 1.21. The highest BCUT2D eigenvalue weighted by Gasteiger charge is 2.11. The van der Waals surface area contributed by atoms with E-state index in [1.165, 1.54) is 0 Å². The molecule has 0 aliphatic carbocycles. The number of hydrazone groups is 1. The van der Waals surface area contributed by atoms with Gasteiger partial charge in [0.25, 0.3) is 0 Å². The molecule has 4 nitrogen and oxygen atoms in total. The van der Waals surface area contributed by atoms with E-state index in [1.54, 1.807) is 5.43 Å². The summed E-state index contributed by atoms with van der Waals surface area (Å²) in [5.74, 6) is -0.455. The van der Waals surface area contributed by atoms with Gasteiger partial charge in [-0.25, -0.2) is 5.43 Å². The van der Waals surface area contributed by atoms with Crippen LogP contribution in [0.25, 0.3) is 0 Å². The Morgan fingerprint density at radius 3 is 3.08 bits per heavy atom. The van der Waals surface area contributed by atoms with Gasteiger partial charge in [0, 0.05) is 11.8 Å². The Morgan fingerprint density at radius 2 is 2.50 bits per heavy atom. The topological polar surface area (TPSA) is 47.9 Å². The zero-order valence-corrected chi connectivity index (χ0v) is 6.81. The minimum Gasteiger partial charge on any atom is -0.396 e. The second kappa shape index (κ2) is 4.27. The maximum Gasteiger partial charge on any atom is 0.211 e. The number of aliphatic hydroxyl groups is 1. The third-order valence-electron chi connectivity index (χ3n) is 0.977. The normalized spacial score (nSPS) is 16.8. The fourth-order valence-electron chi connectivity index (χ4n) is 0.590. The lowest BCUT2D eigenvalue weighted by Crippen LogP contribution is -2.28. The summed E-state index contributed by atoms with van der Waals surface area (Å²) in [7, 11) is 0. The molecule has 0 bridgehead atoms. The zero-order chi connectivity index (χ0) is 8.97. The highest BCUT2D eigenvalue weighted by Crippen LogP contribution is 2.12. The Labute approximate surface area is 71.8 Å². The SMILES string of the molecule is OCCSC1=NN(F)NC(F)=C1. The van der Waals surface area contributed by atoms with E-state index >= 15 is 0 Å². The van der Waals surface area contributed by atoms with Crippen LogP contribution < -0.4 is 5.43 Å². The molecule has 0 radical (unpaired) electrons. The molecular formula is C5H7F2N3OS. The molecule has 68 valence electrons. The summed E-state index contributed by atoms with van der Waals surface area (Å²) in [5.41, 5.74) is 1.68. The fraction of sp³-hybridized carbons (Fsp3) is 0.400. The van der Waals surface area contributed by atoms with Gasteiger partial charge < -0.3 is 5.11 Å². The first-order chi connectivity index (χ1) is 5.72. The Kier molecular flexibility index (Phi) is 3.30. The molecule has 0 amide bonds. The smallest absolute Gasteiger partial charge is 0.211 e. The van der Waals surface area contributed by atoms with Gasteiger partial charge in [0.1, 0.15) is 5.04 Å². The van der Waals surface area contributed by atoms with Crippen LogP contribution >= 0.6 is 11.8 Å². The number of hydrogen-bond donors (Lipinski definition) is 2. The molecule has 1 rings (SSSR count). The number of hydrazine groups is 1. The van der Waals surface area contributed by atoms with Crippen molar-refractivity contribution in [1.29, 1.82) is 0 Å². The van der Waals surface area contributed by atoms with E-state index in [1.807, 2.05) is 0 Å². The molecule has 1 aliphatic heterocycles. The van der Waals surface area contributed by atoms with Crippen LogP contribution in [0.2, 0.25) is 0 Å². The van der Waals surface area contributed by atoms with Crippen molar-refractivity contribution in [2.75, 3.05) is 12.4 Å². The molecule has 0 aromatic rings.